The van der Waals surface area contributed by atoms with Crippen molar-refractivity contribution < 1.29 is 19.4 Å². The highest BCUT2D eigenvalue weighted by Gasteiger charge is 2.64. The second kappa shape index (κ2) is 8.75. The van der Waals surface area contributed by atoms with Gasteiger partial charge in [-0.05, 0) is 81.0 Å². The van der Waals surface area contributed by atoms with Gasteiger partial charge in [-0.1, -0.05) is 12.1 Å². The Hall–Kier alpha value is -2.83. The van der Waals surface area contributed by atoms with Crippen molar-refractivity contribution in [3.8, 4) is 5.75 Å². The molecule has 3 aliphatic rings. The number of hydrogen-bond acceptors (Lipinski definition) is 5. The van der Waals surface area contributed by atoms with Crippen molar-refractivity contribution in [3.05, 3.63) is 72.2 Å². The van der Waals surface area contributed by atoms with Crippen molar-refractivity contribution in [3.63, 3.8) is 0 Å². The lowest BCUT2D eigenvalue weighted by Crippen LogP contribution is -2.74. The van der Waals surface area contributed by atoms with Gasteiger partial charge < -0.3 is 19.5 Å². The molecule has 1 aromatic heterocycles. The fourth-order valence-corrected chi connectivity index (χ4v) is 6.95. The number of carbonyl (C=O) groups is 1. The SMILES string of the molecule is C=CCN1CC[C@]23C[C@H](N(CC)C(=O)/C=C/c4ccoc4)CC[C@]2(O)[C@H]1Cc1ccc(O)cc13. The van der Waals surface area contributed by atoms with E-state index in [-0.39, 0.29) is 23.7 Å². The molecule has 1 saturated carbocycles. The summed E-state index contributed by atoms with van der Waals surface area (Å²) in [6, 6.07) is 7.46. The maximum Gasteiger partial charge on any atom is 0.246 e. The Morgan fingerprint density at radius 1 is 1.35 bits per heavy atom. The Morgan fingerprint density at radius 3 is 2.94 bits per heavy atom. The smallest absolute Gasteiger partial charge is 0.246 e. The summed E-state index contributed by atoms with van der Waals surface area (Å²) in [7, 11) is 0. The quantitative estimate of drug-likeness (QED) is 0.503. The summed E-state index contributed by atoms with van der Waals surface area (Å²) in [6.07, 6.45) is 12.1. The van der Waals surface area contributed by atoms with E-state index in [1.807, 2.05) is 36.1 Å². The molecular formula is C28H34N2O4. The molecule has 0 spiro atoms. The molecule has 0 radical (unpaired) electrons. The van der Waals surface area contributed by atoms with Crippen LogP contribution in [0.3, 0.4) is 0 Å². The molecule has 2 aromatic rings. The summed E-state index contributed by atoms with van der Waals surface area (Å²) in [5.74, 6) is 0.208. The van der Waals surface area contributed by atoms with Crippen LogP contribution in [0.1, 0.15) is 49.3 Å². The molecule has 34 heavy (non-hydrogen) atoms. The molecule has 2 fully saturated rings. The maximum atomic E-state index is 13.2. The summed E-state index contributed by atoms with van der Waals surface area (Å²) in [4.78, 5) is 17.5. The number of rotatable bonds is 6. The average Bonchev–Trinajstić information content (AvgIpc) is 3.34. The lowest BCUT2D eigenvalue weighted by Gasteiger charge is -2.65. The Balaban J connectivity index is 1.50. The van der Waals surface area contributed by atoms with Gasteiger partial charge in [0.05, 0.1) is 18.1 Å². The van der Waals surface area contributed by atoms with Gasteiger partial charge in [-0.2, -0.15) is 0 Å². The summed E-state index contributed by atoms with van der Waals surface area (Å²) in [6.45, 7) is 8.16. The number of phenolic OH excluding ortho intramolecular Hbond substituents is 1. The number of piperidine rings is 1. The first-order valence-corrected chi connectivity index (χ1v) is 12.3. The molecule has 6 heteroatoms. The van der Waals surface area contributed by atoms with Crippen LogP contribution in [0.4, 0.5) is 0 Å². The number of hydrogen-bond donors (Lipinski definition) is 2. The predicted octanol–water partition coefficient (Wildman–Crippen LogP) is 3.88. The molecule has 1 aliphatic heterocycles. The number of aromatic hydroxyl groups is 1. The van der Waals surface area contributed by atoms with Gasteiger partial charge in [-0.25, -0.2) is 0 Å². The Morgan fingerprint density at radius 2 is 2.21 bits per heavy atom. The van der Waals surface area contributed by atoms with Crippen molar-refractivity contribution >= 4 is 12.0 Å². The number of fused-ring (bicyclic) bond motifs is 1. The fourth-order valence-electron chi connectivity index (χ4n) is 6.95. The first kappa shape index (κ1) is 22.9. The number of carbonyl (C=O) groups excluding carboxylic acids is 1. The molecule has 5 rings (SSSR count). The van der Waals surface area contributed by atoms with E-state index in [1.54, 1.807) is 30.7 Å². The van der Waals surface area contributed by atoms with E-state index in [0.717, 1.165) is 43.5 Å². The van der Waals surface area contributed by atoms with Crippen LogP contribution in [0.2, 0.25) is 0 Å². The van der Waals surface area contributed by atoms with E-state index in [4.69, 9.17) is 4.42 Å². The van der Waals surface area contributed by atoms with Crippen LogP contribution in [-0.2, 0) is 16.6 Å². The fraction of sp³-hybridized carbons (Fsp3) is 0.464. The van der Waals surface area contributed by atoms with Gasteiger partial charge in [-0.15, -0.1) is 6.58 Å². The summed E-state index contributed by atoms with van der Waals surface area (Å²) in [5, 5.41) is 22.7. The molecule has 4 atom stereocenters. The van der Waals surface area contributed by atoms with Crippen molar-refractivity contribution in [2.45, 2.75) is 62.1 Å². The summed E-state index contributed by atoms with van der Waals surface area (Å²) >= 11 is 0. The molecule has 1 saturated heterocycles. The molecular weight excluding hydrogens is 428 g/mol. The number of benzene rings is 1. The van der Waals surface area contributed by atoms with Gasteiger partial charge in [-0.3, -0.25) is 9.69 Å². The zero-order valence-electron chi connectivity index (χ0n) is 19.8. The lowest BCUT2D eigenvalue weighted by molar-refractivity contribution is -0.176. The zero-order chi connectivity index (χ0) is 23.9. The van der Waals surface area contributed by atoms with Crippen LogP contribution < -0.4 is 0 Å². The maximum absolute atomic E-state index is 13.2. The summed E-state index contributed by atoms with van der Waals surface area (Å²) < 4.78 is 5.10. The summed E-state index contributed by atoms with van der Waals surface area (Å²) in [5.41, 5.74) is 1.71. The predicted molar refractivity (Wildman–Crippen MR) is 131 cm³/mol. The number of likely N-dealkylation sites (N-methyl/N-ethyl adjacent to an activating group) is 1. The van der Waals surface area contributed by atoms with E-state index in [2.05, 4.69) is 11.5 Å². The number of phenols is 1. The first-order valence-electron chi connectivity index (χ1n) is 12.3. The number of furan rings is 1. The largest absolute Gasteiger partial charge is 0.508 e. The number of nitrogens with zero attached hydrogens (tertiary/aromatic N) is 2. The third-order valence-electron chi connectivity index (χ3n) is 8.50. The van der Waals surface area contributed by atoms with Gasteiger partial charge in [0, 0.05) is 42.2 Å². The van der Waals surface area contributed by atoms with Gasteiger partial charge >= 0.3 is 0 Å². The Kier molecular flexibility index (Phi) is 5.90. The Labute approximate surface area is 201 Å². The van der Waals surface area contributed by atoms with E-state index in [1.165, 1.54) is 5.56 Å². The minimum Gasteiger partial charge on any atom is -0.508 e. The highest BCUT2D eigenvalue weighted by Crippen LogP contribution is 2.59. The number of aliphatic hydroxyl groups is 1. The van der Waals surface area contributed by atoms with Gasteiger partial charge in [0.1, 0.15) is 5.75 Å². The van der Waals surface area contributed by atoms with E-state index >= 15 is 0 Å². The van der Waals surface area contributed by atoms with Crippen molar-refractivity contribution in [1.82, 2.24) is 9.80 Å². The molecule has 180 valence electrons. The molecule has 6 nitrogen and oxygen atoms in total. The average molecular weight is 463 g/mol. The molecule has 1 amide bonds. The highest BCUT2D eigenvalue weighted by atomic mass is 16.3. The zero-order valence-corrected chi connectivity index (χ0v) is 19.8. The van der Waals surface area contributed by atoms with Crippen LogP contribution in [0.25, 0.3) is 6.08 Å². The molecule has 2 heterocycles. The lowest BCUT2D eigenvalue weighted by atomic mass is 9.48. The van der Waals surface area contributed by atoms with Gasteiger partial charge in [0.25, 0.3) is 0 Å². The van der Waals surface area contributed by atoms with E-state index in [9.17, 15) is 15.0 Å². The van der Waals surface area contributed by atoms with Crippen LogP contribution in [0.5, 0.6) is 5.75 Å². The first-order chi connectivity index (χ1) is 16.4. The minimum atomic E-state index is -0.902. The van der Waals surface area contributed by atoms with Crippen LogP contribution in [-0.4, -0.2) is 63.2 Å². The van der Waals surface area contributed by atoms with Gasteiger partial charge in [0.2, 0.25) is 5.91 Å². The second-order valence-electron chi connectivity index (χ2n) is 10.0. The third-order valence-corrected chi connectivity index (χ3v) is 8.50. The van der Waals surface area contributed by atoms with Crippen LogP contribution in [0.15, 0.2) is 59.9 Å². The normalized spacial score (nSPS) is 30.5. The number of likely N-dealkylation sites (tertiary alicyclic amines) is 1. The topological polar surface area (TPSA) is 77.2 Å². The molecule has 1 aromatic carbocycles. The van der Waals surface area contributed by atoms with Crippen LogP contribution in [0, 0.1) is 0 Å². The van der Waals surface area contributed by atoms with Crippen molar-refractivity contribution in [2.75, 3.05) is 19.6 Å². The standard InChI is InChI=1S/C28H34N2O4/c1-3-13-29-14-12-27-18-22(30(4-2)26(32)8-5-20-10-15-34-19-20)9-11-28(27,33)25(29)16-21-6-7-23(31)17-24(21)27/h3,5-8,10,15,17,19,22,25,31,33H,1,4,9,11-14,16,18H2,2H3/b8-5+/t22-,25-,27-,28+/m1/s1. The monoisotopic (exact) mass is 462 g/mol. The Bertz CT molecular complexity index is 1090. The van der Waals surface area contributed by atoms with Crippen molar-refractivity contribution in [1.29, 1.82) is 0 Å². The molecule has 2 N–H and O–H groups in total. The van der Waals surface area contributed by atoms with Crippen molar-refractivity contribution in [2.24, 2.45) is 0 Å². The molecule has 2 bridgehead atoms. The highest BCUT2D eigenvalue weighted by molar-refractivity contribution is 5.92. The second-order valence-corrected chi connectivity index (χ2v) is 10.0. The van der Waals surface area contributed by atoms with Crippen LogP contribution >= 0.6 is 0 Å². The third kappa shape index (κ3) is 3.51. The van der Waals surface area contributed by atoms with Gasteiger partial charge in [0.15, 0.2) is 0 Å². The molecule has 0 unspecified atom stereocenters. The van der Waals surface area contributed by atoms with E-state index < -0.39 is 11.0 Å². The molecule has 2 aliphatic carbocycles. The number of amides is 1. The van der Waals surface area contributed by atoms with E-state index in [0.29, 0.717) is 19.4 Å². The minimum absolute atomic E-state index is 0.00371.